The van der Waals surface area contributed by atoms with Crippen LogP contribution in [0.25, 0.3) is 0 Å². The molecule has 0 aromatic heterocycles. The maximum Gasteiger partial charge on any atom is 0.207 e. The first kappa shape index (κ1) is 13.0. The summed E-state index contributed by atoms with van der Waals surface area (Å²) in [5, 5.41) is 10.3. The zero-order chi connectivity index (χ0) is 13.7. The molecule has 0 saturated carbocycles. The Labute approximate surface area is 109 Å². The molecule has 0 radical (unpaired) electrons. The van der Waals surface area contributed by atoms with Crippen molar-refractivity contribution in [3.05, 3.63) is 70.0 Å². The van der Waals surface area contributed by atoms with E-state index in [9.17, 15) is 14.5 Å². The van der Waals surface area contributed by atoms with Crippen LogP contribution in [0.2, 0.25) is 0 Å². The summed E-state index contributed by atoms with van der Waals surface area (Å²) in [5.74, 6) is 0.832. The van der Waals surface area contributed by atoms with Gasteiger partial charge in [0.2, 0.25) is 6.54 Å². The highest BCUT2D eigenvalue weighted by Crippen LogP contribution is 2.21. The predicted octanol–water partition coefficient (Wildman–Crippen LogP) is 3.44. The number of rotatable bonds is 5. The van der Waals surface area contributed by atoms with Crippen LogP contribution in [0.4, 0.5) is 4.39 Å². The minimum absolute atomic E-state index is 0.0852. The lowest BCUT2D eigenvalue weighted by Gasteiger charge is -2.06. The minimum Gasteiger partial charge on any atom is -0.457 e. The third kappa shape index (κ3) is 4.06. The van der Waals surface area contributed by atoms with Gasteiger partial charge in [-0.1, -0.05) is 12.1 Å². The lowest BCUT2D eigenvalue weighted by atomic mass is 10.1. The summed E-state index contributed by atoms with van der Waals surface area (Å²) in [7, 11) is 0. The van der Waals surface area contributed by atoms with Crippen molar-refractivity contribution in [2.45, 2.75) is 6.42 Å². The zero-order valence-electron chi connectivity index (χ0n) is 10.1. The summed E-state index contributed by atoms with van der Waals surface area (Å²) >= 11 is 0. The van der Waals surface area contributed by atoms with E-state index in [0.29, 0.717) is 17.9 Å². The summed E-state index contributed by atoms with van der Waals surface area (Å²) < 4.78 is 18.2. The van der Waals surface area contributed by atoms with Crippen molar-refractivity contribution >= 4 is 0 Å². The van der Waals surface area contributed by atoms with Crippen LogP contribution in [-0.4, -0.2) is 11.5 Å². The van der Waals surface area contributed by atoms with Crippen molar-refractivity contribution in [3.8, 4) is 11.5 Å². The number of nitrogens with zero attached hydrogens (tertiary/aromatic N) is 1. The summed E-state index contributed by atoms with van der Waals surface area (Å²) in [4.78, 5) is 9.91. The van der Waals surface area contributed by atoms with Crippen LogP contribution >= 0.6 is 0 Å². The van der Waals surface area contributed by atoms with E-state index in [2.05, 4.69) is 0 Å². The monoisotopic (exact) mass is 261 g/mol. The third-order valence-corrected chi connectivity index (χ3v) is 2.56. The maximum absolute atomic E-state index is 12.7. The van der Waals surface area contributed by atoms with Gasteiger partial charge in [-0.2, -0.15) is 0 Å². The number of nitro groups is 1. The van der Waals surface area contributed by atoms with E-state index >= 15 is 0 Å². The highest BCUT2D eigenvalue weighted by molar-refractivity contribution is 5.33. The first-order valence-electron chi connectivity index (χ1n) is 5.77. The minimum atomic E-state index is -0.344. The van der Waals surface area contributed by atoms with Crippen molar-refractivity contribution < 1.29 is 14.1 Å². The molecule has 0 amide bonds. The molecular formula is C14H12FNO3. The van der Waals surface area contributed by atoms with Crippen molar-refractivity contribution in [1.82, 2.24) is 0 Å². The van der Waals surface area contributed by atoms with Gasteiger partial charge in [0.1, 0.15) is 17.3 Å². The lowest BCUT2D eigenvalue weighted by molar-refractivity contribution is -0.479. The average Bonchev–Trinajstić information content (AvgIpc) is 2.40. The summed E-state index contributed by atoms with van der Waals surface area (Å²) in [6.45, 7) is -0.0852. The van der Waals surface area contributed by atoms with E-state index in [1.165, 1.54) is 24.3 Å². The number of ether oxygens (including phenoxy) is 1. The first-order chi connectivity index (χ1) is 9.13. The molecule has 2 rings (SSSR count). The number of benzene rings is 2. The smallest absolute Gasteiger partial charge is 0.207 e. The van der Waals surface area contributed by atoms with Gasteiger partial charge in [-0.3, -0.25) is 10.1 Å². The Balaban J connectivity index is 1.98. The van der Waals surface area contributed by atoms with Crippen LogP contribution in [0.15, 0.2) is 48.5 Å². The molecular weight excluding hydrogens is 249 g/mol. The largest absolute Gasteiger partial charge is 0.457 e. The van der Waals surface area contributed by atoms with E-state index in [1.807, 2.05) is 0 Å². The van der Waals surface area contributed by atoms with Crippen LogP contribution < -0.4 is 4.74 Å². The van der Waals surface area contributed by atoms with Gasteiger partial charge in [0.15, 0.2) is 0 Å². The average molecular weight is 261 g/mol. The Morgan fingerprint density at radius 3 is 2.05 bits per heavy atom. The fraction of sp³-hybridized carbons (Fsp3) is 0.143. The molecule has 0 saturated heterocycles. The van der Waals surface area contributed by atoms with E-state index < -0.39 is 0 Å². The second-order valence-corrected chi connectivity index (χ2v) is 4.01. The van der Waals surface area contributed by atoms with Gasteiger partial charge in [-0.05, 0) is 42.0 Å². The molecule has 0 fully saturated rings. The predicted molar refractivity (Wildman–Crippen MR) is 68.5 cm³/mol. The summed E-state index contributed by atoms with van der Waals surface area (Å²) in [6.07, 6.45) is 0.393. The normalized spacial score (nSPS) is 10.2. The Morgan fingerprint density at radius 1 is 1.00 bits per heavy atom. The van der Waals surface area contributed by atoms with Crippen molar-refractivity contribution in [3.63, 3.8) is 0 Å². The zero-order valence-corrected chi connectivity index (χ0v) is 10.1. The third-order valence-electron chi connectivity index (χ3n) is 2.56. The van der Waals surface area contributed by atoms with Crippen LogP contribution in [0.5, 0.6) is 11.5 Å². The first-order valence-corrected chi connectivity index (χ1v) is 5.77. The molecule has 19 heavy (non-hydrogen) atoms. The van der Waals surface area contributed by atoms with Crippen LogP contribution in [0, 0.1) is 15.9 Å². The number of halogens is 1. The highest BCUT2D eigenvalue weighted by atomic mass is 19.1. The summed E-state index contributed by atoms with van der Waals surface area (Å²) in [6, 6.07) is 12.7. The molecule has 0 aliphatic heterocycles. The molecule has 0 heterocycles. The molecule has 0 unspecified atom stereocenters. The molecule has 0 aliphatic carbocycles. The van der Waals surface area contributed by atoms with Gasteiger partial charge in [-0.25, -0.2) is 4.39 Å². The van der Waals surface area contributed by atoms with E-state index in [-0.39, 0.29) is 17.3 Å². The van der Waals surface area contributed by atoms with Gasteiger partial charge in [0.05, 0.1) is 0 Å². The molecule has 0 bridgehead atoms. The van der Waals surface area contributed by atoms with Crippen LogP contribution in [0.1, 0.15) is 5.56 Å². The van der Waals surface area contributed by atoms with Gasteiger partial charge in [0.25, 0.3) is 0 Å². The highest BCUT2D eigenvalue weighted by Gasteiger charge is 2.01. The Hall–Kier alpha value is -2.43. The molecule has 2 aromatic carbocycles. The molecule has 4 nitrogen and oxygen atoms in total. The van der Waals surface area contributed by atoms with Gasteiger partial charge < -0.3 is 4.74 Å². The van der Waals surface area contributed by atoms with E-state index in [4.69, 9.17) is 4.74 Å². The second kappa shape index (κ2) is 5.95. The standard InChI is InChI=1S/C14H12FNO3/c15-12-3-7-14(8-4-12)19-13-5-1-11(2-6-13)9-10-16(17)18/h1-8H,9-10H2. The maximum atomic E-state index is 12.7. The summed E-state index contributed by atoms with van der Waals surface area (Å²) in [5.41, 5.74) is 0.878. The lowest BCUT2D eigenvalue weighted by Crippen LogP contribution is -2.03. The van der Waals surface area contributed by atoms with Gasteiger partial charge in [0, 0.05) is 11.3 Å². The van der Waals surface area contributed by atoms with E-state index in [0.717, 1.165) is 5.56 Å². The molecule has 0 aliphatic rings. The van der Waals surface area contributed by atoms with Crippen molar-refractivity contribution in [2.24, 2.45) is 0 Å². The molecule has 98 valence electrons. The van der Waals surface area contributed by atoms with Crippen molar-refractivity contribution in [1.29, 1.82) is 0 Å². The van der Waals surface area contributed by atoms with Crippen LogP contribution in [0.3, 0.4) is 0 Å². The number of hydrogen-bond acceptors (Lipinski definition) is 3. The molecule has 0 atom stereocenters. The Morgan fingerprint density at radius 2 is 1.53 bits per heavy atom. The quantitative estimate of drug-likeness (QED) is 0.612. The van der Waals surface area contributed by atoms with Crippen molar-refractivity contribution in [2.75, 3.05) is 6.54 Å². The Bertz CT molecular complexity index is 552. The topological polar surface area (TPSA) is 52.4 Å². The molecule has 0 spiro atoms. The second-order valence-electron chi connectivity index (χ2n) is 4.01. The van der Waals surface area contributed by atoms with Crippen LogP contribution in [-0.2, 0) is 6.42 Å². The number of hydrogen-bond donors (Lipinski definition) is 0. The van der Waals surface area contributed by atoms with Gasteiger partial charge >= 0.3 is 0 Å². The molecule has 2 aromatic rings. The molecule has 0 N–H and O–H groups in total. The fourth-order valence-corrected chi connectivity index (χ4v) is 1.58. The van der Waals surface area contributed by atoms with Gasteiger partial charge in [-0.15, -0.1) is 0 Å². The van der Waals surface area contributed by atoms with E-state index in [1.54, 1.807) is 24.3 Å². The Kier molecular flexibility index (Phi) is 4.07. The fourth-order valence-electron chi connectivity index (χ4n) is 1.58. The molecule has 5 heteroatoms. The SMILES string of the molecule is O=[N+]([O-])CCc1ccc(Oc2ccc(F)cc2)cc1.